The van der Waals surface area contributed by atoms with Crippen molar-refractivity contribution in [3.05, 3.63) is 0 Å². The van der Waals surface area contributed by atoms with E-state index in [-0.39, 0.29) is 12.3 Å². The molecule has 2 N–H and O–H groups in total. The molecule has 0 aromatic rings. The summed E-state index contributed by atoms with van der Waals surface area (Å²) in [4.78, 5) is 11.3. The second-order valence-corrected chi connectivity index (χ2v) is 4.00. The van der Waals surface area contributed by atoms with Crippen molar-refractivity contribution in [1.82, 2.24) is 5.32 Å². The number of alkyl halides is 1. The Morgan fingerprint density at radius 2 is 2.07 bits per heavy atom. The lowest BCUT2D eigenvalue weighted by molar-refractivity contribution is -0.125. The van der Waals surface area contributed by atoms with E-state index in [2.05, 4.69) is 5.32 Å². The third-order valence-corrected chi connectivity index (χ3v) is 2.66. The summed E-state index contributed by atoms with van der Waals surface area (Å²) >= 11 is 0. The molecule has 0 unspecified atom stereocenters. The predicted octanol–water partition coefficient (Wildman–Crippen LogP) is 1.16. The highest BCUT2D eigenvalue weighted by Gasteiger charge is 2.33. The highest BCUT2D eigenvalue weighted by Crippen LogP contribution is 2.31. The summed E-state index contributed by atoms with van der Waals surface area (Å²) in [5.74, 6) is -0.164. The minimum absolute atomic E-state index is 0.164. The Hall–Kier alpha value is -0.640. The third-order valence-electron chi connectivity index (χ3n) is 2.66. The van der Waals surface area contributed by atoms with Gasteiger partial charge in [0.05, 0.1) is 18.7 Å². The summed E-state index contributed by atoms with van der Waals surface area (Å²) in [6.45, 7) is -0.0457. The van der Waals surface area contributed by atoms with E-state index < -0.39 is 12.3 Å². The van der Waals surface area contributed by atoms with Gasteiger partial charge in [-0.05, 0) is 19.3 Å². The molecule has 1 saturated carbocycles. The molecular weight excluding hydrogens is 185 g/mol. The molecule has 0 spiro atoms. The average Bonchev–Trinajstić information content (AvgIpc) is 2.52. The molecule has 0 aromatic carbocycles. The third kappa shape index (κ3) is 3.62. The van der Waals surface area contributed by atoms with Crippen molar-refractivity contribution in [2.24, 2.45) is 0 Å². The summed E-state index contributed by atoms with van der Waals surface area (Å²) in [6, 6.07) is 0. The minimum atomic E-state index is -0.792. The topological polar surface area (TPSA) is 49.3 Å². The van der Waals surface area contributed by atoms with Crippen molar-refractivity contribution in [1.29, 1.82) is 0 Å². The van der Waals surface area contributed by atoms with E-state index in [4.69, 9.17) is 0 Å². The van der Waals surface area contributed by atoms with Gasteiger partial charge in [0.2, 0.25) is 5.91 Å². The molecule has 1 rings (SSSR count). The van der Waals surface area contributed by atoms with E-state index in [1.807, 2.05) is 0 Å². The van der Waals surface area contributed by atoms with Crippen LogP contribution in [0.3, 0.4) is 0 Å². The van der Waals surface area contributed by atoms with Crippen molar-refractivity contribution in [3.8, 4) is 0 Å². The van der Waals surface area contributed by atoms with E-state index in [9.17, 15) is 14.3 Å². The van der Waals surface area contributed by atoms with E-state index in [1.165, 1.54) is 0 Å². The van der Waals surface area contributed by atoms with Crippen molar-refractivity contribution >= 4 is 5.91 Å². The number of nitrogens with one attached hydrogen (secondary N) is 1. The van der Waals surface area contributed by atoms with Gasteiger partial charge < -0.3 is 10.4 Å². The molecule has 0 aliphatic heterocycles. The quantitative estimate of drug-likeness (QED) is 0.659. The van der Waals surface area contributed by atoms with Crippen molar-refractivity contribution in [2.75, 3.05) is 13.2 Å². The number of hydrogen-bond donors (Lipinski definition) is 2. The van der Waals surface area contributed by atoms with Crippen LogP contribution in [-0.2, 0) is 4.79 Å². The second-order valence-electron chi connectivity index (χ2n) is 4.00. The normalized spacial score (nSPS) is 19.6. The summed E-state index contributed by atoms with van der Waals surface area (Å²) in [6.07, 6.45) is 3.93. The smallest absolute Gasteiger partial charge is 0.222 e. The lowest BCUT2D eigenvalue weighted by atomic mass is 9.98. The first-order valence-electron chi connectivity index (χ1n) is 5.21. The molecule has 0 bridgehead atoms. The molecule has 4 heteroatoms. The van der Waals surface area contributed by atoms with Gasteiger partial charge in [-0.25, -0.2) is 0 Å². The lowest BCUT2D eigenvalue weighted by Crippen LogP contribution is -2.35. The fourth-order valence-corrected chi connectivity index (χ4v) is 1.87. The zero-order valence-corrected chi connectivity index (χ0v) is 8.39. The number of hydrogen-bond acceptors (Lipinski definition) is 2. The molecule has 82 valence electrons. The number of aliphatic hydroxyl groups is 1. The Kier molecular flexibility index (Phi) is 4.32. The van der Waals surface area contributed by atoms with Crippen molar-refractivity contribution in [3.63, 3.8) is 0 Å². The zero-order chi connectivity index (χ0) is 10.4. The monoisotopic (exact) mass is 203 g/mol. The first-order chi connectivity index (χ1) is 6.66. The van der Waals surface area contributed by atoms with Crippen LogP contribution in [0.15, 0.2) is 0 Å². The molecule has 0 aromatic heterocycles. The van der Waals surface area contributed by atoms with Gasteiger partial charge in [-0.2, -0.15) is 0 Å². The average molecular weight is 203 g/mol. The zero-order valence-electron chi connectivity index (χ0n) is 8.39. The fraction of sp³-hybridized carbons (Fsp3) is 0.900. The van der Waals surface area contributed by atoms with Crippen LogP contribution in [0.4, 0.5) is 4.39 Å². The maximum absolute atomic E-state index is 11.7. The minimum Gasteiger partial charge on any atom is -0.389 e. The van der Waals surface area contributed by atoms with E-state index >= 15 is 0 Å². The van der Waals surface area contributed by atoms with Crippen molar-refractivity contribution in [2.45, 2.75) is 44.1 Å². The molecule has 0 saturated heterocycles. The summed E-state index contributed by atoms with van der Waals surface area (Å²) in [5.41, 5.74) is -0.792. The number of rotatable bonds is 5. The van der Waals surface area contributed by atoms with Gasteiger partial charge in [0.25, 0.3) is 0 Å². The van der Waals surface area contributed by atoms with Crippen LogP contribution in [0.2, 0.25) is 0 Å². The highest BCUT2D eigenvalue weighted by atomic mass is 19.1. The molecule has 1 amide bonds. The Balaban J connectivity index is 2.19. The molecule has 0 heterocycles. The molecule has 1 aliphatic carbocycles. The second kappa shape index (κ2) is 5.29. The van der Waals surface area contributed by atoms with E-state index in [1.54, 1.807) is 0 Å². The van der Waals surface area contributed by atoms with Crippen LogP contribution in [0, 0.1) is 0 Å². The van der Waals surface area contributed by atoms with Gasteiger partial charge in [-0.1, -0.05) is 12.8 Å². The van der Waals surface area contributed by atoms with Gasteiger partial charge in [0, 0.05) is 6.54 Å². The van der Waals surface area contributed by atoms with Crippen LogP contribution >= 0.6 is 0 Å². The maximum Gasteiger partial charge on any atom is 0.222 e. The number of carbonyl (C=O) groups is 1. The maximum atomic E-state index is 11.7. The highest BCUT2D eigenvalue weighted by molar-refractivity contribution is 5.77. The molecule has 1 fully saturated rings. The summed E-state index contributed by atoms with van der Waals surface area (Å²) in [5, 5.41) is 12.5. The number of halogens is 1. The van der Waals surface area contributed by atoms with Crippen molar-refractivity contribution < 1.29 is 14.3 Å². The Morgan fingerprint density at radius 3 is 2.64 bits per heavy atom. The van der Waals surface area contributed by atoms with Crippen LogP contribution in [-0.4, -0.2) is 29.8 Å². The molecule has 1 aliphatic rings. The number of amides is 1. The standard InChI is InChI=1S/C10H18FNO2/c11-6-3-7-12-9(13)8-10(14)4-1-2-5-10/h14H,1-8H2,(H,12,13). The van der Waals surface area contributed by atoms with Gasteiger partial charge in [-0.3, -0.25) is 9.18 Å². The van der Waals surface area contributed by atoms with E-state index in [0.717, 1.165) is 12.8 Å². The van der Waals surface area contributed by atoms with Crippen LogP contribution in [0.5, 0.6) is 0 Å². The van der Waals surface area contributed by atoms with Crippen LogP contribution in [0.1, 0.15) is 38.5 Å². The van der Waals surface area contributed by atoms with Gasteiger partial charge in [0.15, 0.2) is 0 Å². The Labute approximate surface area is 83.7 Å². The Bertz CT molecular complexity index is 191. The summed E-state index contributed by atoms with van der Waals surface area (Å²) < 4.78 is 11.7. The SMILES string of the molecule is O=C(CC1(O)CCCC1)NCCCF. The number of carbonyl (C=O) groups excluding carboxylic acids is 1. The first kappa shape index (κ1) is 11.4. The molecule has 3 nitrogen and oxygen atoms in total. The molecule has 0 radical (unpaired) electrons. The van der Waals surface area contributed by atoms with Gasteiger partial charge in [-0.15, -0.1) is 0 Å². The molecule has 14 heavy (non-hydrogen) atoms. The van der Waals surface area contributed by atoms with Gasteiger partial charge in [0.1, 0.15) is 0 Å². The van der Waals surface area contributed by atoms with Crippen LogP contribution < -0.4 is 5.32 Å². The first-order valence-corrected chi connectivity index (χ1v) is 5.21. The largest absolute Gasteiger partial charge is 0.389 e. The van der Waals surface area contributed by atoms with Gasteiger partial charge >= 0.3 is 0 Å². The Morgan fingerprint density at radius 1 is 1.43 bits per heavy atom. The molecular formula is C10H18FNO2. The van der Waals surface area contributed by atoms with Crippen LogP contribution in [0.25, 0.3) is 0 Å². The summed E-state index contributed by atoms with van der Waals surface area (Å²) in [7, 11) is 0. The van der Waals surface area contributed by atoms with E-state index in [0.29, 0.717) is 25.8 Å². The fourth-order valence-electron chi connectivity index (χ4n) is 1.87. The molecule has 0 atom stereocenters. The predicted molar refractivity (Wildman–Crippen MR) is 51.6 cm³/mol. The lowest BCUT2D eigenvalue weighted by Gasteiger charge is -2.20.